The van der Waals surface area contributed by atoms with Crippen LogP contribution in [0.2, 0.25) is 0 Å². The third kappa shape index (κ3) is 2.51. The fourth-order valence-corrected chi connectivity index (χ4v) is 4.97. The van der Waals surface area contributed by atoms with Crippen LogP contribution in [0.3, 0.4) is 0 Å². The summed E-state index contributed by atoms with van der Waals surface area (Å²) in [5.74, 6) is 0.964. The molecule has 2 aliphatic rings. The Balaban J connectivity index is 1.62. The van der Waals surface area contributed by atoms with Gasteiger partial charge in [0.2, 0.25) is 0 Å². The van der Waals surface area contributed by atoms with Gasteiger partial charge in [-0.1, -0.05) is 0 Å². The molecule has 1 N–H and O–H groups in total. The molecule has 2 atom stereocenters. The number of thioether (sulfide) groups is 1. The minimum absolute atomic E-state index is 0.159. The van der Waals surface area contributed by atoms with Gasteiger partial charge in [-0.05, 0) is 50.1 Å². The fraction of sp³-hybridized carbons (Fsp3) is 0.500. The number of hydrogen-bond acceptors (Lipinski definition) is 3. The van der Waals surface area contributed by atoms with Crippen LogP contribution in [-0.2, 0) is 0 Å². The first kappa shape index (κ1) is 14.9. The Hall–Kier alpha value is -1.62. The number of piperidine rings is 1. The zero-order valence-electron chi connectivity index (χ0n) is 13.5. The Morgan fingerprint density at radius 1 is 1.26 bits per heavy atom. The number of amides is 1. The highest BCUT2D eigenvalue weighted by molar-refractivity contribution is 7.99. The molecule has 1 aromatic heterocycles. The van der Waals surface area contributed by atoms with Gasteiger partial charge in [-0.25, -0.2) is 0 Å². The number of nitrogens with one attached hydrogen (secondary N) is 1. The van der Waals surface area contributed by atoms with Crippen LogP contribution in [-0.4, -0.2) is 46.5 Å². The van der Waals surface area contributed by atoms with E-state index in [-0.39, 0.29) is 5.91 Å². The maximum Gasteiger partial charge on any atom is 0.270 e. The number of hydrogen-bond donors (Lipinski definition) is 1. The number of carbonyl (C=O) groups is 1. The van der Waals surface area contributed by atoms with Crippen LogP contribution in [0.1, 0.15) is 36.2 Å². The molecule has 0 radical (unpaired) electrons. The van der Waals surface area contributed by atoms with Gasteiger partial charge in [-0.15, -0.1) is 0 Å². The van der Waals surface area contributed by atoms with Crippen LogP contribution in [0.4, 0.5) is 0 Å². The molecule has 1 aromatic carbocycles. The molecule has 2 aromatic rings. The molecule has 4 nitrogen and oxygen atoms in total. The van der Waals surface area contributed by atoms with Crippen LogP contribution in [0.5, 0.6) is 5.75 Å². The predicted octanol–water partition coefficient (Wildman–Crippen LogP) is 3.68. The summed E-state index contributed by atoms with van der Waals surface area (Å²) in [5.41, 5.74) is 1.66. The van der Waals surface area contributed by atoms with Crippen LogP contribution in [0.15, 0.2) is 24.3 Å². The molecular weight excluding hydrogens is 308 g/mol. The number of methoxy groups -OCH3 is 1. The van der Waals surface area contributed by atoms with Crippen molar-refractivity contribution >= 4 is 28.6 Å². The van der Waals surface area contributed by atoms with Gasteiger partial charge in [0.05, 0.1) is 7.11 Å². The minimum Gasteiger partial charge on any atom is -0.497 e. The van der Waals surface area contributed by atoms with Gasteiger partial charge < -0.3 is 14.6 Å². The van der Waals surface area contributed by atoms with Crippen molar-refractivity contribution in [1.82, 2.24) is 9.88 Å². The molecule has 0 spiro atoms. The third-order valence-electron chi connectivity index (χ3n) is 5.32. The minimum atomic E-state index is 0.159. The van der Waals surface area contributed by atoms with Crippen molar-refractivity contribution in [2.75, 3.05) is 13.4 Å². The van der Waals surface area contributed by atoms with Crippen molar-refractivity contribution in [3.63, 3.8) is 0 Å². The number of ether oxygens (including phenoxy) is 1. The van der Waals surface area contributed by atoms with E-state index in [1.165, 1.54) is 0 Å². The average Bonchev–Trinajstić information content (AvgIpc) is 3.11. The molecule has 2 aliphatic heterocycles. The number of nitrogens with zero attached hydrogens (tertiary/aromatic N) is 1. The summed E-state index contributed by atoms with van der Waals surface area (Å²) >= 11 is 1.95. The SMILES string of the molecule is COc1ccc2cc(C(=O)N3C4CCC3CC(SC)C4)[nH]c2c1. The lowest BCUT2D eigenvalue weighted by atomic mass is 10.0. The Labute approximate surface area is 140 Å². The highest BCUT2D eigenvalue weighted by atomic mass is 32.2. The summed E-state index contributed by atoms with van der Waals surface area (Å²) in [6, 6.07) is 8.67. The molecule has 4 rings (SSSR count). The van der Waals surface area contributed by atoms with Crippen LogP contribution in [0, 0.1) is 0 Å². The monoisotopic (exact) mass is 330 g/mol. The van der Waals surface area contributed by atoms with Gasteiger partial charge in [0.15, 0.2) is 0 Å². The van der Waals surface area contributed by atoms with Crippen molar-refractivity contribution in [3.05, 3.63) is 30.0 Å². The summed E-state index contributed by atoms with van der Waals surface area (Å²) in [6.07, 6.45) is 6.77. The van der Waals surface area contributed by atoms with Gasteiger partial charge in [-0.2, -0.15) is 11.8 Å². The van der Waals surface area contributed by atoms with E-state index in [9.17, 15) is 4.79 Å². The zero-order chi connectivity index (χ0) is 16.0. The Morgan fingerprint density at radius 2 is 2.00 bits per heavy atom. The summed E-state index contributed by atoms with van der Waals surface area (Å²) in [5, 5.41) is 1.77. The maximum absolute atomic E-state index is 13.0. The smallest absolute Gasteiger partial charge is 0.270 e. The van der Waals surface area contributed by atoms with E-state index in [4.69, 9.17) is 4.74 Å². The van der Waals surface area contributed by atoms with Gasteiger partial charge in [-0.3, -0.25) is 4.79 Å². The molecule has 23 heavy (non-hydrogen) atoms. The van der Waals surface area contributed by atoms with Gasteiger partial charge in [0.25, 0.3) is 5.91 Å². The lowest BCUT2D eigenvalue weighted by Gasteiger charge is -2.38. The third-order valence-corrected chi connectivity index (χ3v) is 6.37. The molecule has 2 unspecified atom stereocenters. The topological polar surface area (TPSA) is 45.3 Å². The van der Waals surface area contributed by atoms with Crippen molar-refractivity contribution in [1.29, 1.82) is 0 Å². The van der Waals surface area contributed by atoms with E-state index in [2.05, 4.69) is 16.1 Å². The molecule has 3 heterocycles. The summed E-state index contributed by atoms with van der Waals surface area (Å²) in [6.45, 7) is 0. The Kier molecular flexibility index (Phi) is 3.76. The molecule has 0 saturated carbocycles. The fourth-order valence-electron chi connectivity index (χ4n) is 4.14. The van der Waals surface area contributed by atoms with Crippen molar-refractivity contribution in [2.24, 2.45) is 0 Å². The number of aromatic amines is 1. The highest BCUT2D eigenvalue weighted by Crippen LogP contribution is 2.40. The molecule has 2 saturated heterocycles. The second-order valence-electron chi connectivity index (χ2n) is 6.56. The normalized spacial score (nSPS) is 26.7. The van der Waals surface area contributed by atoms with Crippen molar-refractivity contribution in [2.45, 2.75) is 43.0 Å². The molecule has 0 aliphatic carbocycles. The van der Waals surface area contributed by atoms with E-state index in [1.54, 1.807) is 7.11 Å². The standard InChI is InChI=1S/C18H22N2O2S/c1-22-14-6-3-11-7-17(19-16(11)10-14)18(21)20-12-4-5-13(20)9-15(8-12)23-2/h3,6-7,10,12-13,15,19H,4-5,8-9H2,1-2H3. The van der Waals surface area contributed by atoms with Crippen LogP contribution < -0.4 is 4.74 Å². The number of benzene rings is 1. The molecule has 2 fully saturated rings. The first-order chi connectivity index (χ1) is 11.2. The molecule has 2 bridgehead atoms. The van der Waals surface area contributed by atoms with Gasteiger partial charge in [0, 0.05) is 34.3 Å². The summed E-state index contributed by atoms with van der Waals surface area (Å²) < 4.78 is 5.26. The number of fused-ring (bicyclic) bond motifs is 3. The summed E-state index contributed by atoms with van der Waals surface area (Å²) in [7, 11) is 1.66. The number of carbonyl (C=O) groups excluding carboxylic acids is 1. The van der Waals surface area contributed by atoms with Crippen LogP contribution in [0.25, 0.3) is 10.9 Å². The molecule has 5 heteroatoms. The number of H-pyrrole nitrogens is 1. The van der Waals surface area contributed by atoms with Crippen molar-refractivity contribution < 1.29 is 9.53 Å². The van der Waals surface area contributed by atoms with Crippen molar-refractivity contribution in [3.8, 4) is 5.75 Å². The second kappa shape index (κ2) is 5.78. The van der Waals surface area contributed by atoms with Gasteiger partial charge in [0.1, 0.15) is 11.4 Å². The predicted molar refractivity (Wildman–Crippen MR) is 94.4 cm³/mol. The number of rotatable bonds is 3. The van der Waals surface area contributed by atoms with E-state index in [0.29, 0.717) is 23.0 Å². The zero-order valence-corrected chi connectivity index (χ0v) is 14.4. The van der Waals surface area contributed by atoms with E-state index in [0.717, 1.165) is 42.3 Å². The molecular formula is C18H22N2O2S. The summed E-state index contributed by atoms with van der Waals surface area (Å²) in [4.78, 5) is 18.5. The Morgan fingerprint density at radius 3 is 2.65 bits per heavy atom. The molecule has 122 valence electrons. The quantitative estimate of drug-likeness (QED) is 0.934. The van der Waals surface area contributed by atoms with E-state index in [1.807, 2.05) is 36.0 Å². The largest absolute Gasteiger partial charge is 0.497 e. The maximum atomic E-state index is 13.0. The second-order valence-corrected chi connectivity index (χ2v) is 7.70. The lowest BCUT2D eigenvalue weighted by Crippen LogP contribution is -2.47. The lowest BCUT2D eigenvalue weighted by molar-refractivity contribution is 0.0596. The Bertz CT molecular complexity index is 728. The number of aromatic nitrogens is 1. The van der Waals surface area contributed by atoms with E-state index >= 15 is 0 Å². The first-order valence-corrected chi connectivity index (χ1v) is 9.50. The molecule has 1 amide bonds. The average molecular weight is 330 g/mol. The van der Waals surface area contributed by atoms with E-state index < -0.39 is 0 Å². The first-order valence-electron chi connectivity index (χ1n) is 8.22. The van der Waals surface area contributed by atoms with Gasteiger partial charge >= 0.3 is 0 Å². The highest BCUT2D eigenvalue weighted by Gasteiger charge is 2.43. The van der Waals surface area contributed by atoms with Crippen LogP contribution >= 0.6 is 11.8 Å².